The molecule has 0 aliphatic heterocycles. The van der Waals surface area contributed by atoms with Crippen LogP contribution in [0.25, 0.3) is 0 Å². The number of carbonyl (C=O) groups is 2. The van der Waals surface area contributed by atoms with Crippen LogP contribution in [0.3, 0.4) is 0 Å². The summed E-state index contributed by atoms with van der Waals surface area (Å²) in [4.78, 5) is 23.6. The number of esters is 2. The molecule has 0 saturated heterocycles. The second kappa shape index (κ2) is 53.7. The zero-order chi connectivity index (χ0) is 43.3. The van der Waals surface area contributed by atoms with E-state index in [0.717, 1.165) is 25.7 Å². The third-order valence-electron chi connectivity index (χ3n) is 9.30. The Morgan fingerprint density at radius 1 is 0.233 bits per heavy atom. The van der Waals surface area contributed by atoms with Gasteiger partial charge in [0.05, 0.1) is 132 Å². The van der Waals surface area contributed by atoms with E-state index in [1.54, 1.807) is 0 Å². The minimum Gasteiger partial charge on any atom is -0.463 e. The normalized spacial score (nSPS) is 11.4. The van der Waals surface area contributed by atoms with Crippen molar-refractivity contribution in [3.8, 4) is 0 Å². The molecule has 0 radical (unpaired) electrons. The molecule has 0 aromatic carbocycles. The predicted octanol–water partition coefficient (Wildman–Crippen LogP) is 8.08. The smallest absolute Gasteiger partial charge is 0.305 e. The van der Waals surface area contributed by atoms with Gasteiger partial charge >= 0.3 is 11.9 Å². The van der Waals surface area contributed by atoms with Gasteiger partial charge in [-0.3, -0.25) is 9.59 Å². The molecular formula is C46H90O14. The van der Waals surface area contributed by atoms with Crippen molar-refractivity contribution in [2.45, 2.75) is 142 Å². The van der Waals surface area contributed by atoms with Crippen LogP contribution in [0.4, 0.5) is 0 Å². The number of rotatable bonds is 53. The first-order chi connectivity index (χ1) is 29.7. The van der Waals surface area contributed by atoms with Gasteiger partial charge in [-0.05, 0) is 12.8 Å². The Morgan fingerprint density at radius 3 is 0.600 bits per heavy atom. The third-order valence-corrected chi connectivity index (χ3v) is 9.30. The lowest BCUT2D eigenvalue weighted by molar-refractivity contribution is -0.146. The number of hydrogen-bond acceptors (Lipinski definition) is 14. The van der Waals surface area contributed by atoms with Crippen molar-refractivity contribution in [2.24, 2.45) is 0 Å². The van der Waals surface area contributed by atoms with Gasteiger partial charge in [0.2, 0.25) is 0 Å². The molecule has 0 aliphatic rings. The molecule has 0 saturated carbocycles. The quantitative estimate of drug-likeness (QED) is 0.0429. The summed E-state index contributed by atoms with van der Waals surface area (Å²) in [6.07, 6.45) is 23.1. The second-order valence-electron chi connectivity index (χ2n) is 14.7. The maximum absolute atomic E-state index is 11.8. The molecule has 14 heteroatoms. The summed E-state index contributed by atoms with van der Waals surface area (Å²) in [5.74, 6) is -0.278. The third kappa shape index (κ3) is 52.7. The molecule has 0 spiro atoms. The summed E-state index contributed by atoms with van der Waals surface area (Å²) in [6, 6.07) is 0. The summed E-state index contributed by atoms with van der Waals surface area (Å²) in [5.41, 5.74) is 0. The Balaban J connectivity index is 3.15. The van der Waals surface area contributed by atoms with Crippen LogP contribution in [0.1, 0.15) is 142 Å². The molecule has 0 amide bonds. The topological polar surface area (TPSA) is 145 Å². The summed E-state index contributed by atoms with van der Waals surface area (Å²) in [6.45, 7) is 14.5. The van der Waals surface area contributed by atoms with Gasteiger partial charge in [-0.25, -0.2) is 0 Å². The molecule has 0 bridgehead atoms. The van der Waals surface area contributed by atoms with E-state index in [4.69, 9.17) is 56.8 Å². The lowest BCUT2D eigenvalue weighted by atomic mass is 10.1. The minimum atomic E-state index is -0.139. The van der Waals surface area contributed by atoms with Crippen molar-refractivity contribution in [2.75, 3.05) is 145 Å². The number of unbranched alkanes of at least 4 members (excludes halogenated alkanes) is 16. The zero-order valence-electron chi connectivity index (χ0n) is 38.4. The van der Waals surface area contributed by atoms with Crippen molar-refractivity contribution in [3.63, 3.8) is 0 Å². The Hall–Kier alpha value is -1.46. The predicted molar refractivity (Wildman–Crippen MR) is 234 cm³/mol. The highest BCUT2D eigenvalue weighted by Crippen LogP contribution is 2.12. The van der Waals surface area contributed by atoms with Crippen LogP contribution in [-0.4, -0.2) is 157 Å². The van der Waals surface area contributed by atoms with Gasteiger partial charge < -0.3 is 56.8 Å². The van der Waals surface area contributed by atoms with E-state index in [1.165, 1.54) is 89.9 Å². The molecule has 14 nitrogen and oxygen atoms in total. The highest BCUT2D eigenvalue weighted by molar-refractivity contribution is 5.69. The van der Waals surface area contributed by atoms with Gasteiger partial charge in [-0.2, -0.15) is 0 Å². The van der Waals surface area contributed by atoms with Crippen molar-refractivity contribution < 1.29 is 66.4 Å². The summed E-state index contributed by atoms with van der Waals surface area (Å²) in [7, 11) is 0. The van der Waals surface area contributed by atoms with Crippen LogP contribution in [0.2, 0.25) is 0 Å². The Bertz CT molecular complexity index is 771. The zero-order valence-corrected chi connectivity index (χ0v) is 38.4. The SMILES string of the molecule is CCCCCCCCCCCC(=O)OCCOCCOCCOCCOCCOCCOCCOCCOCCOCCOCCOC(=O)CCCCCCCCCCC. The lowest BCUT2D eigenvalue weighted by Crippen LogP contribution is -2.16. The van der Waals surface area contributed by atoms with E-state index in [1.807, 2.05) is 0 Å². The van der Waals surface area contributed by atoms with E-state index in [0.29, 0.717) is 145 Å². The molecule has 0 unspecified atom stereocenters. The molecule has 0 heterocycles. The first-order valence-corrected chi connectivity index (χ1v) is 23.8. The minimum absolute atomic E-state index is 0.139. The van der Waals surface area contributed by atoms with Crippen LogP contribution in [-0.2, 0) is 66.4 Å². The number of hydrogen-bond donors (Lipinski definition) is 0. The van der Waals surface area contributed by atoms with E-state index < -0.39 is 0 Å². The molecule has 0 aromatic heterocycles. The van der Waals surface area contributed by atoms with Gasteiger partial charge in [0.15, 0.2) is 0 Å². The fourth-order valence-electron chi connectivity index (χ4n) is 5.81. The highest BCUT2D eigenvalue weighted by Gasteiger charge is 2.04. The summed E-state index contributed by atoms with van der Waals surface area (Å²) < 4.78 is 65.4. The van der Waals surface area contributed by atoms with Crippen LogP contribution >= 0.6 is 0 Å². The van der Waals surface area contributed by atoms with Crippen molar-refractivity contribution in [1.29, 1.82) is 0 Å². The second-order valence-corrected chi connectivity index (χ2v) is 14.7. The first kappa shape index (κ1) is 58.5. The van der Waals surface area contributed by atoms with Gasteiger partial charge in [-0.15, -0.1) is 0 Å². The van der Waals surface area contributed by atoms with E-state index in [2.05, 4.69) is 13.8 Å². The lowest BCUT2D eigenvalue weighted by Gasteiger charge is -2.09. The maximum Gasteiger partial charge on any atom is 0.305 e. The van der Waals surface area contributed by atoms with Crippen molar-refractivity contribution in [1.82, 2.24) is 0 Å². The fourth-order valence-corrected chi connectivity index (χ4v) is 5.81. The Labute approximate surface area is 365 Å². The van der Waals surface area contributed by atoms with Gasteiger partial charge in [0, 0.05) is 12.8 Å². The molecule has 0 rings (SSSR count). The number of carbonyl (C=O) groups excluding carboxylic acids is 2. The van der Waals surface area contributed by atoms with E-state index >= 15 is 0 Å². The largest absolute Gasteiger partial charge is 0.463 e. The monoisotopic (exact) mass is 867 g/mol. The fraction of sp³-hybridized carbons (Fsp3) is 0.957. The van der Waals surface area contributed by atoms with Crippen LogP contribution in [0.5, 0.6) is 0 Å². The van der Waals surface area contributed by atoms with Crippen molar-refractivity contribution in [3.05, 3.63) is 0 Å². The average Bonchev–Trinajstić information content (AvgIpc) is 3.25. The molecule has 0 aromatic rings. The van der Waals surface area contributed by atoms with Crippen LogP contribution < -0.4 is 0 Å². The Kier molecular flexibility index (Phi) is 52.4. The molecule has 60 heavy (non-hydrogen) atoms. The highest BCUT2D eigenvalue weighted by atomic mass is 16.6. The molecule has 0 N–H and O–H groups in total. The van der Waals surface area contributed by atoms with Gasteiger partial charge in [-0.1, -0.05) is 117 Å². The molecule has 0 fully saturated rings. The summed E-state index contributed by atoms with van der Waals surface area (Å²) in [5, 5.41) is 0. The molecular weight excluding hydrogens is 776 g/mol. The molecule has 0 atom stereocenters. The first-order valence-electron chi connectivity index (χ1n) is 23.8. The maximum atomic E-state index is 11.8. The molecule has 0 aliphatic carbocycles. The average molecular weight is 867 g/mol. The number of ether oxygens (including phenoxy) is 12. The standard InChI is InChI=1S/C46H90O14/c1-3-5-7-9-11-13-15-17-19-21-45(47)59-43-41-57-39-37-55-35-33-53-31-29-51-27-25-49-23-24-50-26-28-52-30-32-54-34-36-56-38-40-58-42-44-60-46(48)22-20-18-16-14-12-10-8-6-4-2/h3-44H2,1-2H3. The molecule has 358 valence electrons. The summed E-state index contributed by atoms with van der Waals surface area (Å²) >= 11 is 0. The van der Waals surface area contributed by atoms with Crippen molar-refractivity contribution >= 4 is 11.9 Å². The van der Waals surface area contributed by atoms with Crippen LogP contribution in [0, 0.1) is 0 Å². The Morgan fingerprint density at radius 2 is 0.400 bits per heavy atom. The van der Waals surface area contributed by atoms with Crippen LogP contribution in [0.15, 0.2) is 0 Å². The van der Waals surface area contributed by atoms with E-state index in [9.17, 15) is 9.59 Å². The van der Waals surface area contributed by atoms with E-state index in [-0.39, 0.29) is 25.2 Å². The van der Waals surface area contributed by atoms with Gasteiger partial charge in [0.1, 0.15) is 13.2 Å². The van der Waals surface area contributed by atoms with Gasteiger partial charge in [0.25, 0.3) is 0 Å².